The maximum atomic E-state index is 13.2. The van der Waals surface area contributed by atoms with Gasteiger partial charge in [-0.1, -0.05) is 41.9 Å². The number of aryl methyl sites for hydroxylation is 3. The molecule has 0 aliphatic carbocycles. The average Bonchev–Trinajstić information content (AvgIpc) is 3.27. The van der Waals surface area contributed by atoms with Crippen LogP contribution in [0.3, 0.4) is 0 Å². The minimum absolute atomic E-state index is 0.0797. The summed E-state index contributed by atoms with van der Waals surface area (Å²) in [6.07, 6.45) is 0.268. The molecule has 3 atom stereocenters. The van der Waals surface area contributed by atoms with Crippen LogP contribution in [0.25, 0.3) is 0 Å². The molecule has 2 fully saturated rings. The van der Waals surface area contributed by atoms with Gasteiger partial charge >= 0.3 is 0 Å². The van der Waals surface area contributed by atoms with Crippen molar-refractivity contribution in [2.24, 2.45) is 17.6 Å². The van der Waals surface area contributed by atoms with Gasteiger partial charge in [-0.25, -0.2) is 0 Å². The molecule has 164 valence electrons. The van der Waals surface area contributed by atoms with E-state index in [4.69, 9.17) is 17.3 Å². The number of amides is 2. The number of rotatable bonds is 5. The van der Waals surface area contributed by atoms with Crippen molar-refractivity contribution in [1.29, 1.82) is 0 Å². The molecule has 0 aromatic heterocycles. The molecule has 2 N–H and O–H groups in total. The number of nitrogens with two attached hydrogens (primary N) is 1. The van der Waals surface area contributed by atoms with Crippen LogP contribution in [-0.2, 0) is 4.79 Å². The maximum absolute atomic E-state index is 13.2. The van der Waals surface area contributed by atoms with E-state index in [9.17, 15) is 9.59 Å². The van der Waals surface area contributed by atoms with Crippen molar-refractivity contribution < 1.29 is 9.59 Å². The first-order valence-corrected chi connectivity index (χ1v) is 11.3. The maximum Gasteiger partial charge on any atom is 0.254 e. The molecule has 2 aromatic carbocycles. The molecule has 0 saturated carbocycles. The molecule has 2 aliphatic heterocycles. The molecule has 2 heterocycles. The van der Waals surface area contributed by atoms with Crippen LogP contribution in [0.4, 0.5) is 0 Å². The number of likely N-dealkylation sites (tertiary alicyclic amines) is 2. The van der Waals surface area contributed by atoms with Gasteiger partial charge in [0.2, 0.25) is 5.91 Å². The van der Waals surface area contributed by atoms with E-state index in [0.29, 0.717) is 16.9 Å². The van der Waals surface area contributed by atoms with E-state index in [2.05, 4.69) is 4.90 Å². The summed E-state index contributed by atoms with van der Waals surface area (Å²) in [5, 5.41) is 0.705. The molecule has 5 nitrogen and oxygen atoms in total. The Kier molecular flexibility index (Phi) is 6.09. The van der Waals surface area contributed by atoms with Crippen molar-refractivity contribution in [3.8, 4) is 0 Å². The molecular weight excluding hydrogens is 410 g/mol. The summed E-state index contributed by atoms with van der Waals surface area (Å²) >= 11 is 6.36. The molecule has 6 heteroatoms. The van der Waals surface area contributed by atoms with Crippen LogP contribution < -0.4 is 5.73 Å². The predicted molar refractivity (Wildman–Crippen MR) is 123 cm³/mol. The van der Waals surface area contributed by atoms with Crippen LogP contribution in [0, 0.1) is 32.6 Å². The fourth-order valence-electron chi connectivity index (χ4n) is 5.22. The van der Waals surface area contributed by atoms with Crippen molar-refractivity contribution in [3.05, 3.63) is 69.2 Å². The summed E-state index contributed by atoms with van der Waals surface area (Å²) in [5.41, 5.74) is 10.5. The highest BCUT2D eigenvalue weighted by molar-refractivity contribution is 6.31. The third kappa shape index (κ3) is 4.35. The zero-order valence-corrected chi connectivity index (χ0v) is 19.2. The summed E-state index contributed by atoms with van der Waals surface area (Å²) < 4.78 is 0. The van der Waals surface area contributed by atoms with Gasteiger partial charge in [0.25, 0.3) is 5.91 Å². The van der Waals surface area contributed by atoms with Crippen LogP contribution in [0.15, 0.2) is 36.4 Å². The molecule has 2 aromatic rings. The predicted octanol–water partition coefficient (Wildman–Crippen LogP) is 3.89. The van der Waals surface area contributed by atoms with Gasteiger partial charge in [0, 0.05) is 49.2 Å². The van der Waals surface area contributed by atoms with Crippen LogP contribution >= 0.6 is 11.6 Å². The summed E-state index contributed by atoms with van der Waals surface area (Å²) in [6.45, 7) is 9.18. The summed E-state index contributed by atoms with van der Waals surface area (Å²) in [7, 11) is 0. The lowest BCUT2D eigenvalue weighted by molar-refractivity contribution is -0.119. The molecule has 3 unspecified atom stereocenters. The van der Waals surface area contributed by atoms with Gasteiger partial charge < -0.3 is 10.6 Å². The smallest absolute Gasteiger partial charge is 0.254 e. The minimum atomic E-state index is -0.314. The second kappa shape index (κ2) is 8.64. The fraction of sp³-hybridized carbons (Fsp3) is 0.440. The molecule has 31 heavy (non-hydrogen) atoms. The number of benzene rings is 2. The lowest BCUT2D eigenvalue weighted by Crippen LogP contribution is -2.36. The normalized spacial score (nSPS) is 21.9. The number of hydrogen-bond donors (Lipinski definition) is 1. The lowest BCUT2D eigenvalue weighted by Gasteiger charge is -2.30. The van der Waals surface area contributed by atoms with Crippen molar-refractivity contribution >= 4 is 23.4 Å². The standard InChI is InChI=1S/C25H30ClN3O2/c1-15-7-8-18(9-21(15)26)22(10-23(27)30)28-11-19-13-29(14-20(19)12-28)25(31)24-16(2)5-4-6-17(24)3/h4-9,19-20,22H,10-14H2,1-3H3,(H2,27,30). The number of halogens is 1. The topological polar surface area (TPSA) is 66.6 Å². The Hall–Kier alpha value is -2.37. The molecule has 2 saturated heterocycles. The number of primary amides is 1. The van der Waals surface area contributed by atoms with Gasteiger partial charge in [0.15, 0.2) is 0 Å². The van der Waals surface area contributed by atoms with Gasteiger partial charge in [0.05, 0.1) is 0 Å². The number of hydrogen-bond acceptors (Lipinski definition) is 3. The Balaban J connectivity index is 1.49. The van der Waals surface area contributed by atoms with Crippen LogP contribution in [-0.4, -0.2) is 47.8 Å². The Bertz CT molecular complexity index is 988. The van der Waals surface area contributed by atoms with Crippen LogP contribution in [0.2, 0.25) is 5.02 Å². The van der Waals surface area contributed by atoms with E-state index in [0.717, 1.165) is 54.0 Å². The number of carbonyl (C=O) groups is 2. The molecule has 0 radical (unpaired) electrons. The lowest BCUT2D eigenvalue weighted by atomic mass is 10.00. The highest BCUT2D eigenvalue weighted by atomic mass is 35.5. The quantitative estimate of drug-likeness (QED) is 0.768. The Morgan fingerprint density at radius 2 is 1.61 bits per heavy atom. The zero-order valence-electron chi connectivity index (χ0n) is 18.4. The second-order valence-electron chi connectivity index (χ2n) is 9.15. The SMILES string of the molecule is Cc1ccc(C(CC(N)=O)N2CC3CN(C(=O)c4c(C)cccc4C)CC3C2)cc1Cl. The van der Waals surface area contributed by atoms with Crippen LogP contribution in [0.1, 0.15) is 45.1 Å². The third-order valence-corrected chi connectivity index (χ3v) is 7.32. The minimum Gasteiger partial charge on any atom is -0.370 e. The Morgan fingerprint density at radius 1 is 1.00 bits per heavy atom. The van der Waals surface area contributed by atoms with E-state index < -0.39 is 0 Å². The van der Waals surface area contributed by atoms with Gasteiger partial charge in [-0.3, -0.25) is 14.5 Å². The molecule has 4 rings (SSSR count). The molecule has 2 amide bonds. The van der Waals surface area contributed by atoms with Gasteiger partial charge in [-0.15, -0.1) is 0 Å². The van der Waals surface area contributed by atoms with E-state index >= 15 is 0 Å². The van der Waals surface area contributed by atoms with E-state index in [1.54, 1.807) is 0 Å². The number of fused-ring (bicyclic) bond motifs is 1. The summed E-state index contributed by atoms with van der Waals surface area (Å²) in [6, 6.07) is 11.9. The number of carbonyl (C=O) groups excluding carboxylic acids is 2. The summed E-state index contributed by atoms with van der Waals surface area (Å²) in [5.74, 6) is 0.635. The molecule has 2 aliphatic rings. The molecule has 0 bridgehead atoms. The fourth-order valence-corrected chi connectivity index (χ4v) is 5.41. The molecular formula is C25H30ClN3O2. The highest BCUT2D eigenvalue weighted by Crippen LogP contribution is 2.38. The van der Waals surface area contributed by atoms with E-state index in [-0.39, 0.29) is 24.3 Å². The largest absolute Gasteiger partial charge is 0.370 e. The van der Waals surface area contributed by atoms with E-state index in [1.165, 1.54) is 0 Å². The Morgan fingerprint density at radius 3 is 2.16 bits per heavy atom. The van der Waals surface area contributed by atoms with Gasteiger partial charge in [-0.2, -0.15) is 0 Å². The average molecular weight is 440 g/mol. The first-order valence-electron chi connectivity index (χ1n) is 10.9. The highest BCUT2D eigenvalue weighted by Gasteiger charge is 2.44. The van der Waals surface area contributed by atoms with Crippen LogP contribution in [0.5, 0.6) is 0 Å². The molecule has 0 spiro atoms. The van der Waals surface area contributed by atoms with Crippen molar-refractivity contribution in [2.75, 3.05) is 26.2 Å². The van der Waals surface area contributed by atoms with Crippen molar-refractivity contribution in [2.45, 2.75) is 33.2 Å². The van der Waals surface area contributed by atoms with Crippen molar-refractivity contribution in [3.63, 3.8) is 0 Å². The zero-order chi connectivity index (χ0) is 22.3. The van der Waals surface area contributed by atoms with Gasteiger partial charge in [-0.05, 0) is 60.9 Å². The monoisotopic (exact) mass is 439 g/mol. The van der Waals surface area contributed by atoms with E-state index in [1.807, 2.05) is 62.1 Å². The Labute approximate surface area is 189 Å². The number of nitrogens with zero attached hydrogens (tertiary/aromatic N) is 2. The summed E-state index contributed by atoms with van der Waals surface area (Å²) in [4.78, 5) is 29.4. The first-order chi connectivity index (χ1) is 14.7. The van der Waals surface area contributed by atoms with Gasteiger partial charge in [0.1, 0.15) is 0 Å². The second-order valence-corrected chi connectivity index (χ2v) is 9.55. The first kappa shape index (κ1) is 21.8. The van der Waals surface area contributed by atoms with Crippen molar-refractivity contribution in [1.82, 2.24) is 9.80 Å². The third-order valence-electron chi connectivity index (χ3n) is 6.91.